The van der Waals surface area contributed by atoms with Gasteiger partial charge in [-0.05, 0) is 43.9 Å². The van der Waals surface area contributed by atoms with Gasteiger partial charge in [0, 0.05) is 44.2 Å². The number of methoxy groups -OCH3 is 1. The van der Waals surface area contributed by atoms with Gasteiger partial charge >= 0.3 is 6.09 Å². The van der Waals surface area contributed by atoms with Crippen LogP contribution in [-0.2, 0) is 11.8 Å². The van der Waals surface area contributed by atoms with Crippen molar-refractivity contribution >= 4 is 28.8 Å². The van der Waals surface area contributed by atoms with Crippen LogP contribution in [-0.4, -0.2) is 76.2 Å². The first-order valence-corrected chi connectivity index (χ1v) is 12.0. The van der Waals surface area contributed by atoms with Crippen molar-refractivity contribution in [1.29, 1.82) is 0 Å². The molecule has 0 radical (unpaired) electrons. The molecule has 4 rings (SSSR count). The third kappa shape index (κ3) is 4.69. The maximum absolute atomic E-state index is 13.4. The van der Waals surface area contributed by atoms with Crippen molar-refractivity contribution in [1.82, 2.24) is 19.7 Å². The second-order valence-corrected chi connectivity index (χ2v) is 9.47. The summed E-state index contributed by atoms with van der Waals surface area (Å²) in [4.78, 5) is 41.7. The Hall–Kier alpha value is -3.23. The van der Waals surface area contributed by atoms with Gasteiger partial charge in [-0.25, -0.2) is 4.79 Å². The average molecular weight is 471 g/mol. The number of hydrogen-bond donors (Lipinski definition) is 2. The van der Waals surface area contributed by atoms with E-state index in [0.717, 1.165) is 48.8 Å². The van der Waals surface area contributed by atoms with E-state index in [1.54, 1.807) is 16.9 Å². The molecule has 1 aliphatic heterocycles. The molecule has 2 heterocycles. The number of nitrogens with one attached hydrogen (secondary N) is 1. The lowest BCUT2D eigenvalue weighted by Crippen LogP contribution is -2.60. The number of hydrogen-bond acceptors (Lipinski definition) is 4. The second-order valence-electron chi connectivity index (χ2n) is 9.47. The van der Waals surface area contributed by atoms with Crippen molar-refractivity contribution in [2.24, 2.45) is 13.0 Å². The van der Waals surface area contributed by atoms with Gasteiger partial charge < -0.3 is 29.5 Å². The number of rotatable bonds is 5. The third-order valence-electron chi connectivity index (χ3n) is 7.34. The number of carbonyl (C=O) groups excluding carboxylic acids is 2. The zero-order chi connectivity index (χ0) is 24.4. The number of aromatic nitrogens is 1. The lowest BCUT2D eigenvalue weighted by molar-refractivity contribution is -0.137. The molecule has 9 heteroatoms. The number of aryl methyl sites for hydroxylation is 1. The summed E-state index contributed by atoms with van der Waals surface area (Å²) in [5.41, 5.74) is 1.50. The molecular weight excluding hydrogens is 436 g/mol. The highest BCUT2D eigenvalue weighted by Crippen LogP contribution is 2.29. The Morgan fingerprint density at radius 1 is 1.12 bits per heavy atom. The predicted octanol–water partition coefficient (Wildman–Crippen LogP) is 3.08. The molecule has 34 heavy (non-hydrogen) atoms. The maximum atomic E-state index is 13.4. The number of piperazine rings is 1. The molecule has 2 fully saturated rings. The van der Waals surface area contributed by atoms with Crippen LogP contribution in [0.15, 0.2) is 24.3 Å². The molecule has 3 amide bonds. The minimum absolute atomic E-state index is 0.0279. The molecule has 1 aromatic heterocycles. The van der Waals surface area contributed by atoms with Crippen LogP contribution in [0.25, 0.3) is 10.9 Å². The molecule has 2 aromatic rings. The fourth-order valence-corrected chi connectivity index (χ4v) is 5.43. The Morgan fingerprint density at radius 3 is 2.50 bits per heavy atom. The highest BCUT2D eigenvalue weighted by molar-refractivity contribution is 5.99. The molecule has 184 valence electrons. The zero-order valence-corrected chi connectivity index (χ0v) is 20.1. The van der Waals surface area contributed by atoms with E-state index < -0.39 is 12.1 Å². The van der Waals surface area contributed by atoms with Gasteiger partial charge in [-0.3, -0.25) is 9.59 Å². The Morgan fingerprint density at radius 2 is 1.85 bits per heavy atom. The van der Waals surface area contributed by atoms with E-state index >= 15 is 0 Å². The number of ether oxygens (including phenoxy) is 1. The fraction of sp³-hybridized carbons (Fsp3) is 0.560. The van der Waals surface area contributed by atoms with Gasteiger partial charge in [-0.15, -0.1) is 0 Å². The molecule has 2 aliphatic rings. The third-order valence-corrected chi connectivity index (χ3v) is 7.34. The lowest BCUT2D eigenvalue weighted by Gasteiger charge is -2.42. The molecule has 2 atom stereocenters. The predicted molar refractivity (Wildman–Crippen MR) is 128 cm³/mol. The van der Waals surface area contributed by atoms with E-state index in [4.69, 9.17) is 4.74 Å². The minimum atomic E-state index is -1.17. The van der Waals surface area contributed by atoms with E-state index in [1.165, 1.54) is 0 Å². The minimum Gasteiger partial charge on any atom is -0.497 e. The monoisotopic (exact) mass is 470 g/mol. The van der Waals surface area contributed by atoms with Gasteiger partial charge in [0.1, 0.15) is 17.5 Å². The summed E-state index contributed by atoms with van der Waals surface area (Å²) in [6.45, 7) is 3.11. The summed E-state index contributed by atoms with van der Waals surface area (Å²) in [5.74, 6) is 0.505. The number of amides is 3. The molecule has 0 unspecified atom stereocenters. The SMILES string of the molecule is COc1ccc2cc(C(=O)N3CCN(C(=O)[C@@H](NC(=O)O)C4CCCCC4)C[C@@H]3C)n(C)c2c1. The standard InChI is InChI=1S/C25H34N4O5/c1-16-15-28(24(31)22(26-25(32)33)17-7-5-4-6-8-17)11-12-29(16)23(30)21-13-18-9-10-19(34-3)14-20(18)27(21)2/h9-10,13-14,16-17,22,26H,4-8,11-12,15H2,1-3H3,(H,32,33)/t16-,22-/m0/s1. The van der Waals surface area contributed by atoms with Gasteiger partial charge in [0.15, 0.2) is 0 Å². The first-order chi connectivity index (χ1) is 16.3. The average Bonchev–Trinajstić information content (AvgIpc) is 3.17. The van der Waals surface area contributed by atoms with Crippen molar-refractivity contribution in [2.45, 2.75) is 51.1 Å². The van der Waals surface area contributed by atoms with Crippen molar-refractivity contribution < 1.29 is 24.2 Å². The quantitative estimate of drug-likeness (QED) is 0.699. The van der Waals surface area contributed by atoms with Gasteiger partial charge in [0.05, 0.1) is 12.6 Å². The molecular formula is C25H34N4O5. The molecule has 2 N–H and O–H groups in total. The highest BCUT2D eigenvalue weighted by atomic mass is 16.5. The molecule has 1 aliphatic carbocycles. The number of benzene rings is 1. The molecule has 1 saturated carbocycles. The zero-order valence-electron chi connectivity index (χ0n) is 20.1. The van der Waals surface area contributed by atoms with Crippen LogP contribution in [0.2, 0.25) is 0 Å². The van der Waals surface area contributed by atoms with E-state index in [1.807, 2.05) is 42.8 Å². The summed E-state index contributed by atoms with van der Waals surface area (Å²) in [7, 11) is 3.48. The number of fused-ring (bicyclic) bond motifs is 1. The Bertz CT molecular complexity index is 1070. The van der Waals surface area contributed by atoms with Crippen molar-refractivity contribution in [3.8, 4) is 5.75 Å². The van der Waals surface area contributed by atoms with E-state index in [9.17, 15) is 19.5 Å². The largest absolute Gasteiger partial charge is 0.497 e. The van der Waals surface area contributed by atoms with Gasteiger partial charge in [-0.1, -0.05) is 19.3 Å². The summed E-state index contributed by atoms with van der Waals surface area (Å²) >= 11 is 0. The Kier molecular flexibility index (Phi) is 7.00. The van der Waals surface area contributed by atoms with Crippen LogP contribution >= 0.6 is 0 Å². The fourth-order valence-electron chi connectivity index (χ4n) is 5.43. The van der Waals surface area contributed by atoms with Crippen molar-refractivity contribution in [3.63, 3.8) is 0 Å². The van der Waals surface area contributed by atoms with Crippen molar-refractivity contribution in [2.75, 3.05) is 26.7 Å². The van der Waals surface area contributed by atoms with Crippen LogP contribution < -0.4 is 10.1 Å². The summed E-state index contributed by atoms with van der Waals surface area (Å²) in [5, 5.41) is 12.8. The second kappa shape index (κ2) is 9.95. The van der Waals surface area contributed by atoms with E-state index in [2.05, 4.69) is 5.32 Å². The molecule has 1 aromatic carbocycles. The van der Waals surface area contributed by atoms with E-state index in [-0.39, 0.29) is 23.8 Å². The lowest BCUT2D eigenvalue weighted by atomic mass is 9.83. The number of carboxylic acid groups (broad SMARTS) is 1. The molecule has 1 saturated heterocycles. The first kappa shape index (κ1) is 23.9. The van der Waals surface area contributed by atoms with Gasteiger partial charge in [0.2, 0.25) is 5.91 Å². The van der Waals surface area contributed by atoms with Crippen molar-refractivity contribution in [3.05, 3.63) is 30.0 Å². The van der Waals surface area contributed by atoms with Crippen LogP contribution in [0, 0.1) is 5.92 Å². The summed E-state index contributed by atoms with van der Waals surface area (Å²) in [6, 6.07) is 6.70. The van der Waals surface area contributed by atoms with Crippen LogP contribution in [0.1, 0.15) is 49.5 Å². The normalized spacial score (nSPS) is 20.3. The number of carbonyl (C=O) groups is 3. The first-order valence-electron chi connectivity index (χ1n) is 12.0. The Labute approximate surface area is 199 Å². The van der Waals surface area contributed by atoms with E-state index in [0.29, 0.717) is 25.3 Å². The summed E-state index contributed by atoms with van der Waals surface area (Å²) in [6.07, 6.45) is 3.71. The summed E-state index contributed by atoms with van der Waals surface area (Å²) < 4.78 is 7.19. The Balaban J connectivity index is 1.47. The smallest absolute Gasteiger partial charge is 0.405 e. The van der Waals surface area contributed by atoms with Gasteiger partial charge in [0.25, 0.3) is 5.91 Å². The molecule has 0 spiro atoms. The molecule has 0 bridgehead atoms. The van der Waals surface area contributed by atoms with Crippen LogP contribution in [0.3, 0.4) is 0 Å². The maximum Gasteiger partial charge on any atom is 0.405 e. The molecule has 9 nitrogen and oxygen atoms in total. The topological polar surface area (TPSA) is 104 Å². The number of nitrogens with zero attached hydrogens (tertiary/aromatic N) is 3. The van der Waals surface area contributed by atoms with Gasteiger partial charge in [-0.2, -0.15) is 0 Å². The van der Waals surface area contributed by atoms with Crippen LogP contribution in [0.5, 0.6) is 5.75 Å². The van der Waals surface area contributed by atoms with Crippen LogP contribution in [0.4, 0.5) is 4.79 Å². The highest BCUT2D eigenvalue weighted by Gasteiger charge is 2.38.